The third kappa shape index (κ3) is 4.32. The smallest absolute Gasteiger partial charge is 0.234 e. The van der Waals surface area contributed by atoms with Gasteiger partial charge in [0, 0.05) is 24.8 Å². The number of carbonyl (C=O) groups is 1. The average Bonchev–Trinajstić information content (AvgIpc) is 3.43. The van der Waals surface area contributed by atoms with E-state index in [9.17, 15) is 9.18 Å². The van der Waals surface area contributed by atoms with E-state index >= 15 is 0 Å². The highest BCUT2D eigenvalue weighted by molar-refractivity contribution is 7.99. The number of nitrogens with one attached hydrogen (secondary N) is 1. The Balaban J connectivity index is 1.40. The quantitative estimate of drug-likeness (QED) is 0.738. The molecule has 2 aliphatic rings. The zero-order chi connectivity index (χ0) is 19.7. The van der Waals surface area contributed by atoms with Gasteiger partial charge in [-0.3, -0.25) is 9.36 Å². The maximum Gasteiger partial charge on any atom is 0.234 e. The summed E-state index contributed by atoms with van der Waals surface area (Å²) >= 11 is 1.39. The summed E-state index contributed by atoms with van der Waals surface area (Å²) in [5.74, 6) is 1.43. The molecule has 0 radical (unpaired) electrons. The van der Waals surface area contributed by atoms with Gasteiger partial charge >= 0.3 is 0 Å². The van der Waals surface area contributed by atoms with E-state index in [0.29, 0.717) is 17.3 Å². The van der Waals surface area contributed by atoms with Crippen LogP contribution in [0.4, 0.5) is 16.0 Å². The number of benzene rings is 1. The number of rotatable bonds is 6. The summed E-state index contributed by atoms with van der Waals surface area (Å²) in [6.45, 7) is 6.01. The lowest BCUT2D eigenvalue weighted by Gasteiger charge is -2.31. The van der Waals surface area contributed by atoms with E-state index in [4.69, 9.17) is 0 Å². The standard InChI is InChI=1S/C20H26FN5OS/c1-13-7-9-25(10-8-13)19-23-24-20(26(19)16-5-6-16)28-12-18(27)22-15-4-3-14(2)17(21)11-15/h3-4,11,13,16H,5-10,12H2,1-2H3,(H,22,27). The van der Waals surface area contributed by atoms with Crippen molar-refractivity contribution in [2.45, 2.75) is 50.7 Å². The van der Waals surface area contributed by atoms with E-state index in [1.54, 1.807) is 19.1 Å². The van der Waals surface area contributed by atoms with Gasteiger partial charge in [-0.1, -0.05) is 24.8 Å². The number of halogens is 1. The molecule has 0 spiro atoms. The number of carbonyl (C=O) groups excluding carboxylic acids is 1. The molecular weight excluding hydrogens is 377 g/mol. The number of piperidine rings is 1. The molecule has 2 heterocycles. The lowest BCUT2D eigenvalue weighted by atomic mass is 10.00. The van der Waals surface area contributed by atoms with Crippen molar-refractivity contribution in [3.8, 4) is 0 Å². The molecule has 150 valence electrons. The van der Waals surface area contributed by atoms with Crippen LogP contribution < -0.4 is 10.2 Å². The highest BCUT2D eigenvalue weighted by atomic mass is 32.2. The Hall–Kier alpha value is -2.09. The van der Waals surface area contributed by atoms with Crippen LogP contribution in [-0.4, -0.2) is 39.5 Å². The van der Waals surface area contributed by atoms with Gasteiger partial charge in [0.15, 0.2) is 5.16 Å². The second-order valence-electron chi connectivity index (χ2n) is 7.85. The van der Waals surface area contributed by atoms with Crippen LogP contribution >= 0.6 is 11.8 Å². The van der Waals surface area contributed by atoms with Crippen molar-refractivity contribution in [2.75, 3.05) is 29.1 Å². The summed E-state index contributed by atoms with van der Waals surface area (Å²) in [5.41, 5.74) is 1.03. The second kappa shape index (κ2) is 8.11. The number of aryl methyl sites for hydroxylation is 1. The highest BCUT2D eigenvalue weighted by Gasteiger charge is 2.32. The molecular formula is C20H26FN5OS. The SMILES string of the molecule is Cc1ccc(NC(=O)CSc2nnc(N3CCC(C)CC3)n2C2CC2)cc1F. The maximum atomic E-state index is 13.7. The van der Waals surface area contributed by atoms with Gasteiger partial charge in [-0.2, -0.15) is 0 Å². The van der Waals surface area contributed by atoms with E-state index in [2.05, 4.69) is 31.9 Å². The van der Waals surface area contributed by atoms with Crippen LogP contribution in [0, 0.1) is 18.7 Å². The number of aromatic nitrogens is 3. The predicted octanol–water partition coefficient (Wildman–Crippen LogP) is 4.03. The molecule has 1 saturated heterocycles. The summed E-state index contributed by atoms with van der Waals surface area (Å²) in [7, 11) is 0. The Morgan fingerprint density at radius 3 is 2.68 bits per heavy atom. The molecule has 2 aromatic rings. The first-order valence-electron chi connectivity index (χ1n) is 9.90. The first-order valence-corrected chi connectivity index (χ1v) is 10.9. The van der Waals surface area contributed by atoms with Crippen LogP contribution in [0.25, 0.3) is 0 Å². The topological polar surface area (TPSA) is 63.1 Å². The van der Waals surface area contributed by atoms with Gasteiger partial charge < -0.3 is 10.2 Å². The van der Waals surface area contributed by atoms with Gasteiger partial charge in [-0.05, 0) is 56.2 Å². The summed E-state index contributed by atoms with van der Waals surface area (Å²) in [5, 5.41) is 12.4. The summed E-state index contributed by atoms with van der Waals surface area (Å²) in [6.07, 6.45) is 4.63. The molecule has 8 heteroatoms. The van der Waals surface area contributed by atoms with Crippen LogP contribution in [0.1, 0.15) is 44.2 Å². The summed E-state index contributed by atoms with van der Waals surface area (Å²) < 4.78 is 15.9. The highest BCUT2D eigenvalue weighted by Crippen LogP contribution is 2.41. The maximum absolute atomic E-state index is 13.7. The van der Waals surface area contributed by atoms with Crippen molar-refractivity contribution in [3.63, 3.8) is 0 Å². The van der Waals surface area contributed by atoms with Gasteiger partial charge in [0.05, 0.1) is 5.75 Å². The van der Waals surface area contributed by atoms with Gasteiger partial charge in [-0.15, -0.1) is 10.2 Å². The Morgan fingerprint density at radius 2 is 2.00 bits per heavy atom. The molecule has 2 fully saturated rings. The number of hydrogen-bond acceptors (Lipinski definition) is 5. The summed E-state index contributed by atoms with van der Waals surface area (Å²) in [4.78, 5) is 14.6. The Bertz CT molecular complexity index is 858. The van der Waals surface area contributed by atoms with Crippen LogP contribution in [0.2, 0.25) is 0 Å². The zero-order valence-corrected chi connectivity index (χ0v) is 17.1. The fraction of sp³-hybridized carbons (Fsp3) is 0.550. The summed E-state index contributed by atoms with van der Waals surface area (Å²) in [6, 6.07) is 5.16. The van der Waals surface area contributed by atoms with E-state index < -0.39 is 0 Å². The number of thioether (sulfide) groups is 1. The third-order valence-corrected chi connectivity index (χ3v) is 6.36. The van der Waals surface area contributed by atoms with Gasteiger partial charge in [0.2, 0.25) is 11.9 Å². The van der Waals surface area contributed by atoms with Crippen molar-refractivity contribution < 1.29 is 9.18 Å². The molecule has 1 aliphatic heterocycles. The monoisotopic (exact) mass is 403 g/mol. The Kier molecular flexibility index (Phi) is 5.57. The van der Waals surface area contributed by atoms with Crippen molar-refractivity contribution in [2.24, 2.45) is 5.92 Å². The first-order chi connectivity index (χ1) is 13.5. The molecule has 1 aromatic heterocycles. The zero-order valence-electron chi connectivity index (χ0n) is 16.3. The largest absolute Gasteiger partial charge is 0.341 e. The normalized spacial score (nSPS) is 17.8. The van der Waals surface area contributed by atoms with Crippen LogP contribution in [-0.2, 0) is 4.79 Å². The predicted molar refractivity (Wildman–Crippen MR) is 109 cm³/mol. The minimum Gasteiger partial charge on any atom is -0.341 e. The van der Waals surface area contributed by atoms with E-state index in [0.717, 1.165) is 43.0 Å². The minimum absolute atomic E-state index is 0.174. The van der Waals surface area contributed by atoms with Crippen molar-refractivity contribution in [1.29, 1.82) is 0 Å². The van der Waals surface area contributed by atoms with Crippen LogP contribution in [0.15, 0.2) is 23.4 Å². The molecule has 1 amide bonds. The Morgan fingerprint density at radius 1 is 1.25 bits per heavy atom. The van der Waals surface area contributed by atoms with Gasteiger partial charge in [0.25, 0.3) is 0 Å². The fourth-order valence-corrected chi connectivity index (χ4v) is 4.24. The van der Waals surface area contributed by atoms with Crippen molar-refractivity contribution in [3.05, 3.63) is 29.6 Å². The lowest BCUT2D eigenvalue weighted by Crippen LogP contribution is -2.34. The molecule has 1 saturated carbocycles. The third-order valence-electron chi connectivity index (χ3n) is 5.41. The molecule has 4 rings (SSSR count). The van der Waals surface area contributed by atoms with Crippen molar-refractivity contribution >= 4 is 29.3 Å². The van der Waals surface area contributed by atoms with E-state index in [-0.39, 0.29) is 17.5 Å². The van der Waals surface area contributed by atoms with Crippen molar-refractivity contribution in [1.82, 2.24) is 14.8 Å². The number of nitrogens with zero attached hydrogens (tertiary/aromatic N) is 4. The molecule has 1 aromatic carbocycles. The van der Waals surface area contributed by atoms with Gasteiger partial charge in [0.1, 0.15) is 5.82 Å². The first kappa shape index (κ1) is 19.2. The fourth-order valence-electron chi connectivity index (χ4n) is 3.44. The van der Waals surface area contributed by atoms with E-state index in [1.807, 2.05) is 0 Å². The molecule has 1 N–H and O–H groups in total. The average molecular weight is 404 g/mol. The minimum atomic E-state index is -0.320. The molecule has 0 unspecified atom stereocenters. The van der Waals surface area contributed by atoms with Crippen LogP contribution in [0.5, 0.6) is 0 Å². The Labute approximate surface area is 168 Å². The molecule has 6 nitrogen and oxygen atoms in total. The molecule has 1 aliphatic carbocycles. The number of hydrogen-bond donors (Lipinski definition) is 1. The lowest BCUT2D eigenvalue weighted by molar-refractivity contribution is -0.113. The molecule has 28 heavy (non-hydrogen) atoms. The van der Waals surface area contributed by atoms with Crippen LogP contribution in [0.3, 0.4) is 0 Å². The second-order valence-corrected chi connectivity index (χ2v) is 8.80. The molecule has 0 bridgehead atoms. The number of amides is 1. The number of anilines is 2. The van der Waals surface area contributed by atoms with E-state index in [1.165, 1.54) is 30.7 Å². The van der Waals surface area contributed by atoms with Gasteiger partial charge in [-0.25, -0.2) is 4.39 Å². The molecule has 0 atom stereocenters.